The molecule has 1 heterocycles. The van der Waals surface area contributed by atoms with Gasteiger partial charge in [-0.15, -0.1) is 0 Å². The van der Waals surface area contributed by atoms with Crippen LogP contribution >= 0.6 is 0 Å². The van der Waals surface area contributed by atoms with E-state index in [1.54, 1.807) is 0 Å². The lowest BCUT2D eigenvalue weighted by molar-refractivity contribution is 0.0898. The van der Waals surface area contributed by atoms with Crippen molar-refractivity contribution in [1.29, 1.82) is 0 Å². The monoisotopic (exact) mass is 170 g/mol. The number of rotatable bonds is 2. The number of aliphatic hydroxyl groups is 1. The van der Waals surface area contributed by atoms with Gasteiger partial charge < -0.3 is 10.8 Å². The molecule has 12 heavy (non-hydrogen) atoms. The van der Waals surface area contributed by atoms with Crippen molar-refractivity contribution < 1.29 is 5.11 Å². The molecular weight excluding hydrogens is 152 g/mol. The average molecular weight is 170 g/mol. The largest absolute Gasteiger partial charge is 0.394 e. The topological polar surface area (TPSA) is 49.5 Å². The minimum atomic E-state index is -0.305. The van der Waals surface area contributed by atoms with Gasteiger partial charge in [0.05, 0.1) is 12.1 Å². The zero-order valence-electron chi connectivity index (χ0n) is 7.50. The molecule has 1 aliphatic heterocycles. The van der Waals surface area contributed by atoms with Crippen LogP contribution in [-0.4, -0.2) is 41.3 Å². The van der Waals surface area contributed by atoms with E-state index in [0.717, 1.165) is 25.4 Å². The molecule has 1 saturated heterocycles. The van der Waals surface area contributed by atoms with Crippen LogP contribution in [0.25, 0.3) is 0 Å². The molecule has 3 N–H and O–H groups in total. The molecule has 1 unspecified atom stereocenters. The summed E-state index contributed by atoms with van der Waals surface area (Å²) in [6, 6.07) is 0.791. The van der Waals surface area contributed by atoms with Gasteiger partial charge in [-0.05, 0) is 32.2 Å². The van der Waals surface area contributed by atoms with E-state index in [-0.39, 0.29) is 12.1 Å². The molecule has 0 radical (unpaired) electrons. The van der Waals surface area contributed by atoms with Crippen LogP contribution in [0.5, 0.6) is 0 Å². The van der Waals surface area contributed by atoms with E-state index in [1.807, 2.05) is 0 Å². The SMILES string of the molecule is NC1(CO)CCCN(C2CC2)C1. The molecule has 0 spiro atoms. The molecule has 3 heteroatoms. The van der Waals surface area contributed by atoms with E-state index < -0.39 is 0 Å². The summed E-state index contributed by atoms with van der Waals surface area (Å²) in [5, 5.41) is 9.12. The minimum absolute atomic E-state index is 0.135. The lowest BCUT2D eigenvalue weighted by Gasteiger charge is -2.39. The van der Waals surface area contributed by atoms with Crippen molar-refractivity contribution in [3.8, 4) is 0 Å². The van der Waals surface area contributed by atoms with Crippen molar-refractivity contribution in [2.24, 2.45) is 5.73 Å². The second kappa shape index (κ2) is 2.98. The summed E-state index contributed by atoms with van der Waals surface area (Å²) in [6.45, 7) is 2.22. The summed E-state index contributed by atoms with van der Waals surface area (Å²) >= 11 is 0. The molecule has 0 amide bonds. The summed E-state index contributed by atoms with van der Waals surface area (Å²) < 4.78 is 0. The Labute approximate surface area is 73.5 Å². The van der Waals surface area contributed by atoms with Crippen molar-refractivity contribution in [1.82, 2.24) is 4.90 Å². The highest BCUT2D eigenvalue weighted by Crippen LogP contribution is 2.31. The van der Waals surface area contributed by atoms with Gasteiger partial charge in [0.15, 0.2) is 0 Å². The second-order valence-corrected chi connectivity index (χ2v) is 4.33. The van der Waals surface area contributed by atoms with Crippen LogP contribution < -0.4 is 5.73 Å². The van der Waals surface area contributed by atoms with Gasteiger partial charge in [0.2, 0.25) is 0 Å². The first kappa shape index (κ1) is 8.48. The number of aliphatic hydroxyl groups excluding tert-OH is 1. The minimum Gasteiger partial charge on any atom is -0.394 e. The lowest BCUT2D eigenvalue weighted by Crippen LogP contribution is -2.57. The van der Waals surface area contributed by atoms with E-state index >= 15 is 0 Å². The summed E-state index contributed by atoms with van der Waals surface area (Å²) in [4.78, 5) is 2.44. The van der Waals surface area contributed by atoms with Crippen molar-refractivity contribution in [2.45, 2.75) is 37.3 Å². The van der Waals surface area contributed by atoms with E-state index in [0.29, 0.717) is 0 Å². The second-order valence-electron chi connectivity index (χ2n) is 4.33. The van der Waals surface area contributed by atoms with Crippen LogP contribution in [0.1, 0.15) is 25.7 Å². The summed E-state index contributed by atoms with van der Waals surface area (Å²) in [5.41, 5.74) is 5.72. The smallest absolute Gasteiger partial charge is 0.0623 e. The molecule has 1 atom stereocenters. The molecule has 3 nitrogen and oxygen atoms in total. The molecule has 0 bridgehead atoms. The van der Waals surface area contributed by atoms with E-state index in [4.69, 9.17) is 10.8 Å². The first-order valence-electron chi connectivity index (χ1n) is 4.87. The normalized spacial score (nSPS) is 38.5. The number of likely N-dealkylation sites (tertiary alicyclic amines) is 1. The lowest BCUT2D eigenvalue weighted by atomic mass is 9.91. The predicted molar refractivity (Wildman–Crippen MR) is 47.8 cm³/mol. The van der Waals surface area contributed by atoms with Crippen molar-refractivity contribution in [3.05, 3.63) is 0 Å². The van der Waals surface area contributed by atoms with Gasteiger partial charge in [-0.3, -0.25) is 4.90 Å². The number of nitrogens with zero attached hydrogens (tertiary/aromatic N) is 1. The quantitative estimate of drug-likeness (QED) is 0.610. The highest BCUT2D eigenvalue weighted by Gasteiger charge is 2.37. The fourth-order valence-corrected chi connectivity index (χ4v) is 2.08. The summed E-state index contributed by atoms with van der Waals surface area (Å²) in [7, 11) is 0. The Hall–Kier alpha value is -0.120. The molecule has 70 valence electrons. The maximum absolute atomic E-state index is 9.12. The molecule has 1 saturated carbocycles. The van der Waals surface area contributed by atoms with Gasteiger partial charge in [-0.1, -0.05) is 0 Å². The highest BCUT2D eigenvalue weighted by molar-refractivity contribution is 4.96. The van der Waals surface area contributed by atoms with Crippen molar-refractivity contribution in [2.75, 3.05) is 19.7 Å². The van der Waals surface area contributed by atoms with Crippen LogP contribution in [-0.2, 0) is 0 Å². The first-order chi connectivity index (χ1) is 5.73. The number of nitrogens with two attached hydrogens (primary N) is 1. The van der Waals surface area contributed by atoms with E-state index in [9.17, 15) is 0 Å². The third-order valence-electron chi connectivity index (χ3n) is 3.02. The molecular formula is C9H18N2O. The highest BCUT2D eigenvalue weighted by atomic mass is 16.3. The van der Waals surface area contributed by atoms with Crippen LogP contribution in [0.15, 0.2) is 0 Å². The van der Waals surface area contributed by atoms with Gasteiger partial charge in [-0.2, -0.15) is 0 Å². The summed E-state index contributed by atoms with van der Waals surface area (Å²) in [6.07, 6.45) is 4.79. The van der Waals surface area contributed by atoms with Gasteiger partial charge in [-0.25, -0.2) is 0 Å². The number of hydrogen-bond acceptors (Lipinski definition) is 3. The molecule has 2 aliphatic rings. The van der Waals surface area contributed by atoms with Gasteiger partial charge in [0, 0.05) is 12.6 Å². The fourth-order valence-electron chi connectivity index (χ4n) is 2.08. The number of hydrogen-bond donors (Lipinski definition) is 2. The van der Waals surface area contributed by atoms with E-state index in [1.165, 1.54) is 19.4 Å². The van der Waals surface area contributed by atoms with Crippen LogP contribution in [0.4, 0.5) is 0 Å². The molecule has 0 aromatic heterocycles. The molecule has 1 aliphatic carbocycles. The number of piperidine rings is 1. The Morgan fingerprint density at radius 2 is 2.25 bits per heavy atom. The molecule has 0 aromatic rings. The maximum atomic E-state index is 9.12. The average Bonchev–Trinajstić information content (AvgIpc) is 2.87. The Kier molecular flexibility index (Phi) is 2.10. The van der Waals surface area contributed by atoms with Gasteiger partial charge in [0.25, 0.3) is 0 Å². The summed E-state index contributed by atoms with van der Waals surface area (Å²) in [5.74, 6) is 0. The first-order valence-corrected chi connectivity index (χ1v) is 4.87. The predicted octanol–water partition coefficient (Wildman–Crippen LogP) is -0.0656. The van der Waals surface area contributed by atoms with Crippen LogP contribution in [0, 0.1) is 0 Å². The third kappa shape index (κ3) is 1.63. The van der Waals surface area contributed by atoms with E-state index in [2.05, 4.69) is 4.90 Å². The Bertz CT molecular complexity index is 170. The fraction of sp³-hybridized carbons (Fsp3) is 1.00. The van der Waals surface area contributed by atoms with Crippen molar-refractivity contribution >= 4 is 0 Å². The molecule has 2 fully saturated rings. The maximum Gasteiger partial charge on any atom is 0.0623 e. The standard InChI is InChI=1S/C9H18N2O/c10-9(7-12)4-1-5-11(6-9)8-2-3-8/h8,12H,1-7,10H2. The zero-order valence-corrected chi connectivity index (χ0v) is 7.50. The Morgan fingerprint density at radius 3 is 2.83 bits per heavy atom. The van der Waals surface area contributed by atoms with Crippen LogP contribution in [0.3, 0.4) is 0 Å². The van der Waals surface area contributed by atoms with Crippen LogP contribution in [0.2, 0.25) is 0 Å². The zero-order chi connectivity index (χ0) is 8.60. The Morgan fingerprint density at radius 1 is 1.50 bits per heavy atom. The van der Waals surface area contributed by atoms with Gasteiger partial charge >= 0.3 is 0 Å². The molecule has 2 rings (SSSR count). The van der Waals surface area contributed by atoms with Crippen molar-refractivity contribution in [3.63, 3.8) is 0 Å². The Balaban J connectivity index is 1.93. The third-order valence-corrected chi connectivity index (χ3v) is 3.02. The van der Waals surface area contributed by atoms with Gasteiger partial charge in [0.1, 0.15) is 0 Å². The molecule has 0 aromatic carbocycles.